The van der Waals surface area contributed by atoms with Crippen LogP contribution in [0, 0.1) is 0 Å². The summed E-state index contributed by atoms with van der Waals surface area (Å²) in [5.74, 6) is 1.10. The van der Waals surface area contributed by atoms with Crippen molar-refractivity contribution in [2.45, 2.75) is 47.0 Å². The van der Waals surface area contributed by atoms with Crippen molar-refractivity contribution in [1.29, 1.82) is 0 Å². The molecule has 0 heterocycles. The topological polar surface area (TPSA) is 29.5 Å². The van der Waals surface area contributed by atoms with Crippen LogP contribution in [0.3, 0.4) is 0 Å². The summed E-state index contributed by atoms with van der Waals surface area (Å²) in [5, 5.41) is 0. The zero-order valence-corrected chi connectivity index (χ0v) is 13.9. The van der Waals surface area contributed by atoms with E-state index in [0.29, 0.717) is 13.2 Å². The van der Waals surface area contributed by atoms with Gasteiger partial charge in [-0.25, -0.2) is 0 Å². The van der Waals surface area contributed by atoms with Crippen LogP contribution < -0.4 is 4.74 Å². The van der Waals surface area contributed by atoms with Gasteiger partial charge in [0.25, 0.3) is 0 Å². The number of hydrogen-bond donors (Lipinski definition) is 0. The third-order valence-corrected chi connectivity index (χ3v) is 3.51. The van der Waals surface area contributed by atoms with Crippen LogP contribution in [0.5, 0.6) is 5.75 Å². The molecule has 0 spiro atoms. The predicted octanol–water partition coefficient (Wildman–Crippen LogP) is 3.95. The van der Waals surface area contributed by atoms with Crippen molar-refractivity contribution in [3.63, 3.8) is 0 Å². The van der Waals surface area contributed by atoms with E-state index in [1.807, 2.05) is 25.1 Å². The maximum atomic E-state index is 12.5. The molecular formula is C18H29NO2. The van der Waals surface area contributed by atoms with Crippen LogP contribution in [0.15, 0.2) is 18.2 Å². The first-order valence-corrected chi connectivity index (χ1v) is 8.17. The molecule has 118 valence electrons. The average molecular weight is 291 g/mol. The monoisotopic (exact) mass is 291 g/mol. The lowest BCUT2D eigenvalue weighted by Crippen LogP contribution is -2.31. The second kappa shape index (κ2) is 9.56. The SMILES string of the molecule is CCCN(CCC)CC(=O)c1ccc(OCC)c(CC)c1. The molecule has 0 aliphatic heterocycles. The number of ketones is 1. The van der Waals surface area contributed by atoms with Crippen molar-refractivity contribution in [1.82, 2.24) is 4.90 Å². The lowest BCUT2D eigenvalue weighted by Gasteiger charge is -2.20. The van der Waals surface area contributed by atoms with Gasteiger partial charge in [0.15, 0.2) is 5.78 Å². The van der Waals surface area contributed by atoms with Crippen molar-refractivity contribution in [2.24, 2.45) is 0 Å². The fourth-order valence-corrected chi connectivity index (χ4v) is 2.52. The molecule has 0 radical (unpaired) electrons. The van der Waals surface area contributed by atoms with Gasteiger partial charge in [-0.15, -0.1) is 0 Å². The highest BCUT2D eigenvalue weighted by atomic mass is 16.5. The van der Waals surface area contributed by atoms with Gasteiger partial charge in [-0.1, -0.05) is 20.8 Å². The summed E-state index contributed by atoms with van der Waals surface area (Å²) in [5.41, 5.74) is 1.91. The van der Waals surface area contributed by atoms with Crippen LogP contribution in [-0.2, 0) is 6.42 Å². The predicted molar refractivity (Wildman–Crippen MR) is 88.3 cm³/mol. The molecule has 0 N–H and O–H groups in total. The van der Waals surface area contributed by atoms with Gasteiger partial charge in [-0.2, -0.15) is 0 Å². The zero-order valence-electron chi connectivity index (χ0n) is 13.9. The van der Waals surface area contributed by atoms with E-state index in [1.165, 1.54) is 0 Å². The molecule has 0 amide bonds. The summed E-state index contributed by atoms with van der Waals surface area (Å²) in [6, 6.07) is 5.81. The molecule has 1 aromatic carbocycles. The molecule has 3 nitrogen and oxygen atoms in total. The molecule has 0 aliphatic carbocycles. The first kappa shape index (κ1) is 17.7. The normalized spacial score (nSPS) is 10.9. The van der Waals surface area contributed by atoms with Gasteiger partial charge in [0.2, 0.25) is 0 Å². The van der Waals surface area contributed by atoms with E-state index in [0.717, 1.165) is 49.2 Å². The van der Waals surface area contributed by atoms with Crippen LogP contribution in [-0.4, -0.2) is 36.9 Å². The van der Waals surface area contributed by atoms with E-state index < -0.39 is 0 Å². The highest BCUT2D eigenvalue weighted by Gasteiger charge is 2.13. The summed E-state index contributed by atoms with van der Waals surface area (Å²) < 4.78 is 5.60. The molecule has 0 aromatic heterocycles. The van der Waals surface area contributed by atoms with E-state index >= 15 is 0 Å². The fraction of sp³-hybridized carbons (Fsp3) is 0.611. The molecule has 1 aromatic rings. The molecule has 0 aliphatic rings. The van der Waals surface area contributed by atoms with Gasteiger partial charge in [0.1, 0.15) is 5.75 Å². The smallest absolute Gasteiger partial charge is 0.176 e. The Balaban J connectivity index is 2.81. The Kier molecular flexibility index (Phi) is 8.06. The van der Waals surface area contributed by atoms with E-state index in [1.54, 1.807) is 0 Å². The van der Waals surface area contributed by atoms with Gasteiger partial charge >= 0.3 is 0 Å². The number of Topliss-reactive ketones (excluding diaryl/α,β-unsaturated/α-hetero) is 1. The minimum absolute atomic E-state index is 0.203. The van der Waals surface area contributed by atoms with Crippen molar-refractivity contribution >= 4 is 5.78 Å². The van der Waals surface area contributed by atoms with Gasteiger partial charge in [-0.05, 0) is 63.0 Å². The Morgan fingerprint density at radius 2 is 1.76 bits per heavy atom. The van der Waals surface area contributed by atoms with E-state index in [4.69, 9.17) is 4.74 Å². The number of carbonyl (C=O) groups is 1. The number of aryl methyl sites for hydroxylation is 1. The number of nitrogens with zero attached hydrogens (tertiary/aromatic N) is 1. The van der Waals surface area contributed by atoms with Gasteiger partial charge < -0.3 is 4.74 Å². The van der Waals surface area contributed by atoms with Crippen molar-refractivity contribution < 1.29 is 9.53 Å². The van der Waals surface area contributed by atoms with Gasteiger partial charge in [0.05, 0.1) is 13.2 Å². The lowest BCUT2D eigenvalue weighted by atomic mass is 10.0. The number of hydrogen-bond acceptors (Lipinski definition) is 3. The van der Waals surface area contributed by atoms with Gasteiger partial charge in [-0.3, -0.25) is 9.69 Å². The molecule has 0 atom stereocenters. The number of rotatable bonds is 10. The van der Waals surface area contributed by atoms with Gasteiger partial charge in [0, 0.05) is 5.56 Å². The third kappa shape index (κ3) is 5.50. The Bertz CT molecular complexity index is 437. The first-order chi connectivity index (χ1) is 10.2. The lowest BCUT2D eigenvalue weighted by molar-refractivity contribution is 0.0930. The van der Waals surface area contributed by atoms with Crippen molar-refractivity contribution in [3.05, 3.63) is 29.3 Å². The molecule has 1 rings (SSSR count). The molecule has 0 bridgehead atoms. The molecule has 3 heteroatoms. The second-order valence-electron chi connectivity index (χ2n) is 5.31. The minimum atomic E-state index is 0.203. The Morgan fingerprint density at radius 3 is 2.29 bits per heavy atom. The molecule has 21 heavy (non-hydrogen) atoms. The van der Waals surface area contributed by atoms with E-state index in [2.05, 4.69) is 25.7 Å². The Morgan fingerprint density at radius 1 is 1.10 bits per heavy atom. The Hall–Kier alpha value is -1.35. The molecule has 0 fully saturated rings. The van der Waals surface area contributed by atoms with Crippen LogP contribution >= 0.6 is 0 Å². The highest BCUT2D eigenvalue weighted by molar-refractivity contribution is 5.98. The zero-order chi connectivity index (χ0) is 15.7. The van der Waals surface area contributed by atoms with Crippen LogP contribution in [0.1, 0.15) is 56.5 Å². The third-order valence-electron chi connectivity index (χ3n) is 3.51. The van der Waals surface area contributed by atoms with Crippen LogP contribution in [0.4, 0.5) is 0 Å². The van der Waals surface area contributed by atoms with E-state index in [9.17, 15) is 4.79 Å². The van der Waals surface area contributed by atoms with E-state index in [-0.39, 0.29) is 5.78 Å². The summed E-state index contributed by atoms with van der Waals surface area (Å²) in [6.07, 6.45) is 3.04. The average Bonchev–Trinajstić information content (AvgIpc) is 2.48. The fourth-order valence-electron chi connectivity index (χ4n) is 2.52. The quantitative estimate of drug-likeness (QED) is 0.611. The van der Waals surface area contributed by atoms with Crippen LogP contribution in [0.25, 0.3) is 0 Å². The summed E-state index contributed by atoms with van der Waals surface area (Å²) >= 11 is 0. The number of ether oxygens (including phenoxy) is 1. The van der Waals surface area contributed by atoms with Crippen molar-refractivity contribution in [3.8, 4) is 5.75 Å². The standard InChI is InChI=1S/C18H29NO2/c1-5-11-19(12-6-2)14-17(20)16-9-10-18(21-8-4)15(7-3)13-16/h9-10,13H,5-8,11-12,14H2,1-4H3. The summed E-state index contributed by atoms with van der Waals surface area (Å²) in [6.45, 7) is 11.5. The first-order valence-electron chi connectivity index (χ1n) is 8.17. The maximum absolute atomic E-state index is 12.5. The summed E-state index contributed by atoms with van der Waals surface area (Å²) in [4.78, 5) is 14.7. The minimum Gasteiger partial charge on any atom is -0.494 e. The molecule has 0 saturated heterocycles. The largest absolute Gasteiger partial charge is 0.494 e. The summed E-state index contributed by atoms with van der Waals surface area (Å²) in [7, 11) is 0. The number of carbonyl (C=O) groups excluding carboxylic acids is 1. The number of benzene rings is 1. The Labute approximate surface area is 129 Å². The molecular weight excluding hydrogens is 262 g/mol. The highest BCUT2D eigenvalue weighted by Crippen LogP contribution is 2.21. The maximum Gasteiger partial charge on any atom is 0.176 e. The second-order valence-corrected chi connectivity index (χ2v) is 5.31. The van der Waals surface area contributed by atoms with Crippen LogP contribution in [0.2, 0.25) is 0 Å². The molecule has 0 saturated carbocycles. The molecule has 0 unspecified atom stereocenters. The van der Waals surface area contributed by atoms with Crippen molar-refractivity contribution in [2.75, 3.05) is 26.2 Å².